The summed E-state index contributed by atoms with van der Waals surface area (Å²) in [7, 11) is 1.45. The summed E-state index contributed by atoms with van der Waals surface area (Å²) in [6.07, 6.45) is 0. The Morgan fingerprint density at radius 1 is 1.06 bits per heavy atom. The van der Waals surface area contributed by atoms with Gasteiger partial charge in [0.2, 0.25) is 5.95 Å². The van der Waals surface area contributed by atoms with Crippen molar-refractivity contribution in [1.82, 2.24) is 15.0 Å². The van der Waals surface area contributed by atoms with E-state index in [1.807, 2.05) is 12.1 Å². The van der Waals surface area contributed by atoms with Crippen molar-refractivity contribution in [2.45, 2.75) is 13.0 Å². The van der Waals surface area contributed by atoms with E-state index in [0.717, 1.165) is 17.7 Å². The second kappa shape index (κ2) is 9.40. The first-order valence-electron chi connectivity index (χ1n) is 11.3. The number of pyridine rings is 1. The molecule has 178 valence electrons. The van der Waals surface area contributed by atoms with Gasteiger partial charge in [-0.2, -0.15) is 9.97 Å². The fourth-order valence-electron chi connectivity index (χ4n) is 4.34. The van der Waals surface area contributed by atoms with E-state index >= 15 is 0 Å². The number of aromatic carboxylic acids is 1. The van der Waals surface area contributed by atoms with Crippen LogP contribution >= 0.6 is 0 Å². The second-order valence-corrected chi connectivity index (χ2v) is 8.35. The highest BCUT2D eigenvalue weighted by atomic mass is 16.5. The van der Waals surface area contributed by atoms with Crippen LogP contribution < -0.4 is 14.5 Å². The first-order chi connectivity index (χ1) is 16.5. The van der Waals surface area contributed by atoms with Crippen LogP contribution in [0, 0.1) is 0 Å². The van der Waals surface area contributed by atoms with Gasteiger partial charge in [-0.3, -0.25) is 0 Å². The highest BCUT2D eigenvalue weighted by molar-refractivity contribution is 5.93. The lowest BCUT2D eigenvalue weighted by atomic mass is 10.1. The first-order valence-corrected chi connectivity index (χ1v) is 11.3. The van der Waals surface area contributed by atoms with Gasteiger partial charge in [-0.05, 0) is 37.3 Å². The molecule has 2 fully saturated rings. The topological polar surface area (TPSA) is 110 Å². The smallest absolute Gasteiger partial charge is 0.339 e. The van der Waals surface area contributed by atoms with Gasteiger partial charge >= 0.3 is 5.97 Å². The highest BCUT2D eigenvalue weighted by Gasteiger charge is 2.25. The average molecular weight is 466 g/mol. The normalized spacial score (nSPS) is 18.8. The van der Waals surface area contributed by atoms with Crippen molar-refractivity contribution in [3.63, 3.8) is 0 Å². The fourth-order valence-corrected chi connectivity index (χ4v) is 4.34. The number of fused-ring (bicyclic) bond motifs is 1. The molecule has 10 heteroatoms. The summed E-state index contributed by atoms with van der Waals surface area (Å²) >= 11 is 0. The zero-order valence-electron chi connectivity index (χ0n) is 19.2. The van der Waals surface area contributed by atoms with Crippen molar-refractivity contribution >= 4 is 28.8 Å². The molecule has 0 saturated carbocycles. The molecular formula is C24H27N5O5. The number of aromatic nitrogens is 3. The Hall–Kier alpha value is -3.50. The molecule has 0 bridgehead atoms. The lowest BCUT2D eigenvalue weighted by Crippen LogP contribution is -2.44. The van der Waals surface area contributed by atoms with E-state index in [-0.39, 0.29) is 11.6 Å². The minimum Gasteiger partial charge on any atom is -0.496 e. The second-order valence-electron chi connectivity index (χ2n) is 8.35. The van der Waals surface area contributed by atoms with Crippen molar-refractivity contribution in [2.75, 3.05) is 63.0 Å². The number of ether oxygens (including phenoxy) is 3. The highest BCUT2D eigenvalue weighted by Crippen LogP contribution is 2.32. The number of methoxy groups -OCH3 is 1. The summed E-state index contributed by atoms with van der Waals surface area (Å²) in [5, 5.41) is 10.4. The largest absolute Gasteiger partial charge is 0.496 e. The van der Waals surface area contributed by atoms with E-state index < -0.39 is 5.97 Å². The van der Waals surface area contributed by atoms with E-state index in [1.54, 1.807) is 18.2 Å². The fraction of sp³-hybridized carbons (Fsp3) is 0.417. The molecule has 2 aliphatic heterocycles. The van der Waals surface area contributed by atoms with Crippen LogP contribution in [0.4, 0.5) is 11.8 Å². The molecule has 1 atom stereocenters. The summed E-state index contributed by atoms with van der Waals surface area (Å²) in [5.74, 6) is 0.704. The number of hydrogen-bond donors (Lipinski definition) is 1. The monoisotopic (exact) mass is 465 g/mol. The number of benzene rings is 1. The lowest BCUT2D eigenvalue weighted by Gasteiger charge is -2.35. The SMILES string of the molecule is COc1ccc(-c2ccc3c(N4CCOC[C@@H]4C)nc(N4CCOCC4)nc3n2)cc1C(=O)O. The summed E-state index contributed by atoms with van der Waals surface area (Å²) in [5.41, 5.74) is 1.95. The van der Waals surface area contributed by atoms with Gasteiger partial charge in [0.1, 0.15) is 17.1 Å². The number of carbonyl (C=O) groups is 1. The van der Waals surface area contributed by atoms with Crippen molar-refractivity contribution in [2.24, 2.45) is 0 Å². The van der Waals surface area contributed by atoms with Crippen LogP contribution in [0.25, 0.3) is 22.3 Å². The maximum atomic E-state index is 11.7. The predicted molar refractivity (Wildman–Crippen MR) is 127 cm³/mol. The molecule has 5 rings (SSSR count). The molecule has 2 saturated heterocycles. The van der Waals surface area contributed by atoms with E-state index in [0.29, 0.717) is 68.1 Å². The Balaban J connectivity index is 1.63. The average Bonchev–Trinajstić information content (AvgIpc) is 2.88. The van der Waals surface area contributed by atoms with Gasteiger partial charge in [-0.25, -0.2) is 9.78 Å². The standard InChI is InChI=1S/C24H27N5O5/c1-15-14-34-12-9-29(15)22-17-4-5-19(16-3-6-20(32-2)18(13-16)23(30)31)25-21(17)26-24(27-22)28-7-10-33-11-8-28/h3-6,13,15H,7-12,14H2,1-2H3,(H,30,31)/t15-/m0/s1. The Morgan fingerprint density at radius 2 is 1.85 bits per heavy atom. The maximum absolute atomic E-state index is 11.7. The minimum absolute atomic E-state index is 0.0846. The molecule has 34 heavy (non-hydrogen) atoms. The van der Waals surface area contributed by atoms with Crippen LogP contribution in [-0.4, -0.2) is 85.2 Å². The molecule has 0 unspecified atom stereocenters. The number of rotatable bonds is 5. The number of morpholine rings is 2. The van der Waals surface area contributed by atoms with Gasteiger partial charge in [-0.1, -0.05) is 0 Å². The van der Waals surface area contributed by atoms with Crippen molar-refractivity contribution in [3.05, 3.63) is 35.9 Å². The summed E-state index contributed by atoms with van der Waals surface area (Å²) in [6, 6.07) is 9.03. The van der Waals surface area contributed by atoms with Crippen LogP contribution in [0.1, 0.15) is 17.3 Å². The van der Waals surface area contributed by atoms with Gasteiger partial charge in [-0.15, -0.1) is 0 Å². The van der Waals surface area contributed by atoms with Crippen molar-refractivity contribution < 1.29 is 24.1 Å². The molecule has 2 aliphatic rings. The molecule has 1 N–H and O–H groups in total. The molecule has 10 nitrogen and oxygen atoms in total. The Bertz CT molecular complexity index is 1210. The number of hydrogen-bond acceptors (Lipinski definition) is 9. The third kappa shape index (κ3) is 4.22. The third-order valence-corrected chi connectivity index (χ3v) is 6.19. The number of carboxylic acid groups (broad SMARTS) is 1. The first kappa shape index (κ1) is 22.3. The van der Waals surface area contributed by atoms with Gasteiger partial charge in [0.05, 0.1) is 50.7 Å². The minimum atomic E-state index is -1.06. The lowest BCUT2D eigenvalue weighted by molar-refractivity contribution is 0.0693. The van der Waals surface area contributed by atoms with Crippen molar-refractivity contribution in [3.8, 4) is 17.0 Å². The third-order valence-electron chi connectivity index (χ3n) is 6.19. The summed E-state index contributed by atoms with van der Waals surface area (Å²) in [4.78, 5) is 30.7. The number of carboxylic acids is 1. The number of nitrogens with zero attached hydrogens (tertiary/aromatic N) is 5. The predicted octanol–water partition coefficient (Wildman–Crippen LogP) is 2.46. The molecular weight excluding hydrogens is 438 g/mol. The number of anilines is 2. The Kier molecular flexibility index (Phi) is 6.16. The molecule has 0 radical (unpaired) electrons. The Labute approximate surface area is 197 Å². The van der Waals surface area contributed by atoms with Crippen molar-refractivity contribution in [1.29, 1.82) is 0 Å². The molecule has 4 heterocycles. The van der Waals surface area contributed by atoms with Crippen LogP contribution in [0.2, 0.25) is 0 Å². The molecule has 2 aromatic heterocycles. The zero-order chi connectivity index (χ0) is 23.7. The van der Waals surface area contributed by atoms with Gasteiger partial charge in [0.25, 0.3) is 0 Å². The quantitative estimate of drug-likeness (QED) is 0.603. The van der Waals surface area contributed by atoms with Gasteiger partial charge in [0, 0.05) is 25.2 Å². The Morgan fingerprint density at radius 3 is 2.59 bits per heavy atom. The molecule has 0 aliphatic carbocycles. The summed E-state index contributed by atoms with van der Waals surface area (Å²) in [6.45, 7) is 6.80. The zero-order valence-corrected chi connectivity index (χ0v) is 19.2. The van der Waals surface area contributed by atoms with Gasteiger partial charge < -0.3 is 29.1 Å². The van der Waals surface area contributed by atoms with Gasteiger partial charge in [0.15, 0.2) is 5.65 Å². The molecule has 0 spiro atoms. The molecule has 1 aromatic carbocycles. The molecule has 3 aromatic rings. The van der Waals surface area contributed by atoms with Crippen LogP contribution in [-0.2, 0) is 9.47 Å². The van der Waals surface area contributed by atoms with Crippen LogP contribution in [0.5, 0.6) is 5.75 Å². The van der Waals surface area contributed by atoms with E-state index in [2.05, 4.69) is 16.7 Å². The molecule has 0 amide bonds. The van der Waals surface area contributed by atoms with E-state index in [1.165, 1.54) is 7.11 Å². The van der Waals surface area contributed by atoms with E-state index in [4.69, 9.17) is 29.2 Å². The van der Waals surface area contributed by atoms with Crippen LogP contribution in [0.3, 0.4) is 0 Å². The van der Waals surface area contributed by atoms with Crippen LogP contribution in [0.15, 0.2) is 30.3 Å². The summed E-state index contributed by atoms with van der Waals surface area (Å²) < 4.78 is 16.3. The van der Waals surface area contributed by atoms with E-state index in [9.17, 15) is 9.90 Å². The maximum Gasteiger partial charge on any atom is 0.339 e.